The lowest BCUT2D eigenvalue weighted by atomic mass is 10.3. The lowest BCUT2D eigenvalue weighted by Crippen LogP contribution is -2.29. The Labute approximate surface area is 116 Å². The highest BCUT2D eigenvalue weighted by atomic mass is 32.2. The second-order valence-electron chi connectivity index (χ2n) is 4.38. The highest BCUT2D eigenvalue weighted by molar-refractivity contribution is 8.14. The minimum atomic E-state index is -3.53. The van der Waals surface area contributed by atoms with Crippen molar-refractivity contribution < 1.29 is 18.3 Å². The van der Waals surface area contributed by atoms with Crippen molar-refractivity contribution in [1.82, 2.24) is 4.31 Å². The average Bonchev–Trinajstić information content (AvgIpc) is 2.78. The molecule has 1 aromatic carbocycles. The van der Waals surface area contributed by atoms with Crippen molar-refractivity contribution >= 4 is 26.9 Å². The molecule has 0 aliphatic carbocycles. The first-order valence-electron chi connectivity index (χ1n) is 5.86. The van der Waals surface area contributed by atoms with Gasteiger partial charge in [0.15, 0.2) is 5.12 Å². The van der Waals surface area contributed by atoms with E-state index in [2.05, 4.69) is 0 Å². The number of hydrogen-bond acceptors (Lipinski definition) is 5. The normalized spacial score (nSPS) is 20.6. The van der Waals surface area contributed by atoms with Crippen molar-refractivity contribution in [3.05, 3.63) is 24.3 Å². The molecule has 7 heteroatoms. The molecule has 1 heterocycles. The van der Waals surface area contributed by atoms with Gasteiger partial charge < -0.3 is 5.11 Å². The summed E-state index contributed by atoms with van der Waals surface area (Å²) in [5.74, 6) is 0.0328. The van der Waals surface area contributed by atoms with Crippen molar-refractivity contribution in [3.8, 4) is 5.75 Å². The Morgan fingerprint density at radius 2 is 2.00 bits per heavy atom. The second-order valence-corrected chi connectivity index (χ2v) is 7.79. The van der Waals surface area contributed by atoms with E-state index < -0.39 is 10.0 Å². The third-order valence-corrected chi connectivity index (χ3v) is 5.84. The molecule has 0 unspecified atom stereocenters. The van der Waals surface area contributed by atoms with E-state index >= 15 is 0 Å². The van der Waals surface area contributed by atoms with Gasteiger partial charge in [0.05, 0.1) is 4.90 Å². The van der Waals surface area contributed by atoms with Crippen LogP contribution in [0.15, 0.2) is 29.2 Å². The van der Waals surface area contributed by atoms with Gasteiger partial charge in [-0.15, -0.1) is 0 Å². The maximum absolute atomic E-state index is 12.3. The van der Waals surface area contributed by atoms with E-state index in [9.17, 15) is 18.3 Å². The number of thioether (sulfide) groups is 1. The molecule has 1 N–H and O–H groups in total. The van der Waals surface area contributed by atoms with Crippen molar-refractivity contribution in [2.75, 3.05) is 13.1 Å². The summed E-state index contributed by atoms with van der Waals surface area (Å²) in [5, 5.41) is 9.22. The maximum Gasteiger partial charge on any atom is 0.243 e. The molecule has 1 aromatic rings. The highest BCUT2D eigenvalue weighted by Gasteiger charge is 2.33. The molecule has 0 aromatic heterocycles. The smallest absolute Gasteiger partial charge is 0.243 e. The second kappa shape index (κ2) is 5.52. The number of sulfonamides is 1. The monoisotopic (exact) mass is 301 g/mol. The van der Waals surface area contributed by atoms with E-state index in [1.807, 2.05) is 0 Å². The van der Waals surface area contributed by atoms with Crippen LogP contribution in [-0.4, -0.2) is 41.3 Å². The summed E-state index contributed by atoms with van der Waals surface area (Å²) in [6.07, 6.45) is 0.682. The van der Waals surface area contributed by atoms with Crippen molar-refractivity contribution in [2.24, 2.45) is 0 Å². The topological polar surface area (TPSA) is 74.7 Å². The lowest BCUT2D eigenvalue weighted by molar-refractivity contribution is -0.109. The van der Waals surface area contributed by atoms with Crippen LogP contribution in [-0.2, 0) is 14.8 Å². The molecule has 5 nitrogen and oxygen atoms in total. The van der Waals surface area contributed by atoms with Gasteiger partial charge in [0, 0.05) is 25.3 Å². The predicted octanol–water partition coefficient (Wildman–Crippen LogP) is 1.43. The molecule has 1 fully saturated rings. The van der Waals surface area contributed by atoms with Gasteiger partial charge >= 0.3 is 0 Å². The first-order chi connectivity index (χ1) is 8.89. The van der Waals surface area contributed by atoms with Gasteiger partial charge in [0.1, 0.15) is 5.75 Å². The van der Waals surface area contributed by atoms with Crippen LogP contribution in [0.3, 0.4) is 0 Å². The molecule has 2 rings (SSSR count). The van der Waals surface area contributed by atoms with E-state index in [0.29, 0.717) is 19.5 Å². The summed E-state index contributed by atoms with van der Waals surface area (Å²) < 4.78 is 26.0. The third kappa shape index (κ3) is 3.29. The van der Waals surface area contributed by atoms with Crippen LogP contribution in [0.4, 0.5) is 0 Å². The van der Waals surface area contributed by atoms with Crippen molar-refractivity contribution in [1.29, 1.82) is 0 Å². The summed E-state index contributed by atoms with van der Waals surface area (Å²) in [7, 11) is -3.53. The van der Waals surface area contributed by atoms with Crippen LogP contribution in [0, 0.1) is 0 Å². The zero-order valence-electron chi connectivity index (χ0n) is 10.4. The van der Waals surface area contributed by atoms with Gasteiger partial charge in [-0.05, 0) is 30.7 Å². The molecule has 0 saturated carbocycles. The molecule has 0 bridgehead atoms. The van der Waals surface area contributed by atoms with Crippen molar-refractivity contribution in [2.45, 2.75) is 23.5 Å². The predicted molar refractivity (Wildman–Crippen MR) is 73.5 cm³/mol. The zero-order valence-corrected chi connectivity index (χ0v) is 12.1. The summed E-state index contributed by atoms with van der Waals surface area (Å²) in [6, 6.07) is 5.47. The number of carbonyl (C=O) groups excluding carboxylic acids is 1. The Hall–Kier alpha value is -1.05. The zero-order chi connectivity index (χ0) is 14.0. The summed E-state index contributed by atoms with van der Waals surface area (Å²) in [6.45, 7) is 2.27. The Kier molecular flexibility index (Phi) is 4.17. The Balaban J connectivity index is 2.13. The molecule has 0 spiro atoms. The van der Waals surface area contributed by atoms with E-state index in [-0.39, 0.29) is 21.0 Å². The van der Waals surface area contributed by atoms with Gasteiger partial charge in [-0.25, -0.2) is 8.42 Å². The molecule has 0 radical (unpaired) electrons. The molecule has 1 atom stereocenters. The molecule has 0 amide bonds. The number of phenolic OH excluding ortho intramolecular Hbond substituents is 1. The van der Waals surface area contributed by atoms with Gasteiger partial charge in [-0.1, -0.05) is 11.8 Å². The molecule has 19 heavy (non-hydrogen) atoms. The number of rotatable bonds is 3. The maximum atomic E-state index is 12.3. The Morgan fingerprint density at radius 3 is 2.58 bits per heavy atom. The lowest BCUT2D eigenvalue weighted by Gasteiger charge is -2.16. The number of nitrogens with zero attached hydrogens (tertiary/aromatic N) is 1. The highest BCUT2D eigenvalue weighted by Crippen LogP contribution is 2.28. The number of benzene rings is 1. The van der Waals surface area contributed by atoms with E-state index in [4.69, 9.17) is 0 Å². The van der Waals surface area contributed by atoms with Crippen LogP contribution in [0.1, 0.15) is 13.3 Å². The van der Waals surface area contributed by atoms with E-state index in [1.165, 1.54) is 47.3 Å². The van der Waals surface area contributed by atoms with Crippen LogP contribution >= 0.6 is 11.8 Å². The van der Waals surface area contributed by atoms with Gasteiger partial charge in [-0.3, -0.25) is 4.79 Å². The average molecular weight is 301 g/mol. The number of phenols is 1. The first-order valence-corrected chi connectivity index (χ1v) is 8.18. The van der Waals surface area contributed by atoms with Gasteiger partial charge in [0.2, 0.25) is 10.0 Å². The SMILES string of the molecule is CC(=O)S[C@H]1CCN(S(=O)(=O)c2ccc(O)cc2)C1. The molecular weight excluding hydrogens is 286 g/mol. The number of carbonyl (C=O) groups is 1. The van der Waals surface area contributed by atoms with Crippen LogP contribution < -0.4 is 0 Å². The van der Waals surface area contributed by atoms with Gasteiger partial charge in [0.25, 0.3) is 0 Å². The molecule has 104 valence electrons. The minimum Gasteiger partial charge on any atom is -0.508 e. The Morgan fingerprint density at radius 1 is 1.37 bits per heavy atom. The van der Waals surface area contributed by atoms with E-state index in [0.717, 1.165) is 0 Å². The fraction of sp³-hybridized carbons (Fsp3) is 0.417. The quantitative estimate of drug-likeness (QED) is 0.914. The van der Waals surface area contributed by atoms with E-state index in [1.54, 1.807) is 0 Å². The third-order valence-electron chi connectivity index (χ3n) is 2.91. The number of aromatic hydroxyl groups is 1. The fourth-order valence-corrected chi connectivity index (χ4v) is 4.56. The summed E-state index contributed by atoms with van der Waals surface area (Å²) >= 11 is 1.19. The summed E-state index contributed by atoms with van der Waals surface area (Å²) in [4.78, 5) is 11.2. The minimum absolute atomic E-state index is 0.00822. The van der Waals surface area contributed by atoms with Crippen LogP contribution in [0.25, 0.3) is 0 Å². The Bertz CT molecular complexity index is 568. The standard InChI is InChI=1S/C12H15NO4S2/c1-9(14)18-11-6-7-13(8-11)19(16,17)12-4-2-10(15)3-5-12/h2-5,11,15H,6-8H2,1H3/t11-/m0/s1. The summed E-state index contributed by atoms with van der Waals surface area (Å²) in [5.41, 5.74) is 0. The van der Waals surface area contributed by atoms with Crippen LogP contribution in [0.2, 0.25) is 0 Å². The van der Waals surface area contributed by atoms with Crippen LogP contribution in [0.5, 0.6) is 5.75 Å². The molecule has 1 aliphatic rings. The van der Waals surface area contributed by atoms with Gasteiger partial charge in [-0.2, -0.15) is 4.31 Å². The fourth-order valence-electron chi connectivity index (χ4n) is 2.01. The first kappa shape index (κ1) is 14.4. The molecule has 1 saturated heterocycles. The molecule has 1 aliphatic heterocycles. The molecular formula is C12H15NO4S2. The number of hydrogen-bond donors (Lipinski definition) is 1. The van der Waals surface area contributed by atoms with Crippen molar-refractivity contribution in [3.63, 3.8) is 0 Å². The largest absolute Gasteiger partial charge is 0.508 e.